The lowest BCUT2D eigenvalue weighted by atomic mass is 10.0. The molecule has 1 saturated heterocycles. The number of hydrogen-bond donors (Lipinski definition) is 14. The van der Waals surface area contributed by atoms with Gasteiger partial charge in [0, 0.05) is 83.1 Å². The first-order chi connectivity index (χ1) is 29.0. The second-order valence-electron chi connectivity index (χ2n) is 15.5. The van der Waals surface area contributed by atoms with Crippen LogP contribution in [0.4, 0.5) is 0 Å². The van der Waals surface area contributed by atoms with Gasteiger partial charge in [0.1, 0.15) is 48.1 Å². The molecular weight excluding hydrogens is 798 g/mol. The number of aryl methyl sites for hydroxylation is 1. The van der Waals surface area contributed by atoms with Crippen molar-refractivity contribution in [3.8, 4) is 11.5 Å². The van der Waals surface area contributed by atoms with Gasteiger partial charge >= 0.3 is 0 Å². The molecule has 3 aromatic carbocycles. The Kier molecular flexibility index (Phi) is 19.2. The number of carbonyl (C=O) groups excluding carboxylic acids is 2. The molecule has 14 N–H and O–H groups in total. The van der Waals surface area contributed by atoms with Gasteiger partial charge in [-0.25, -0.2) is 0 Å². The Balaban J connectivity index is 1.49. The fourth-order valence-electron chi connectivity index (χ4n) is 6.98. The van der Waals surface area contributed by atoms with E-state index in [-0.39, 0.29) is 35.7 Å². The zero-order valence-electron chi connectivity index (χ0n) is 34.1. The van der Waals surface area contributed by atoms with Crippen LogP contribution in [0.3, 0.4) is 0 Å². The van der Waals surface area contributed by atoms with E-state index in [0.29, 0.717) is 62.5 Å². The predicted molar refractivity (Wildman–Crippen MR) is 220 cm³/mol. The van der Waals surface area contributed by atoms with Crippen molar-refractivity contribution in [1.29, 1.82) is 0 Å². The highest BCUT2D eigenvalue weighted by molar-refractivity contribution is 5.98. The molecule has 19 nitrogen and oxygen atoms in total. The van der Waals surface area contributed by atoms with Crippen molar-refractivity contribution in [3.63, 3.8) is 0 Å². The lowest BCUT2D eigenvalue weighted by Crippen LogP contribution is -2.49. The standard InChI is InChI=1S/C42H61N5O14/c1-25-16-28(36(55)30(17-25)42(61)44-19-32(51)38(57)40(59)34(53)24-49)22-47-13-11-45(20-26-6-3-2-4-7-26)10-12-46(14-15-47)21-27-8-5-9-29(35(27)54)41(60)43-18-31(50)37(56)39(58)33(52)23-48/h2-9,16-17,31-34,37-40,48-59H,10-15,18-24H2,1H3,(H,43,60)(H,44,61). The molecule has 3 aromatic rings. The molecule has 0 spiro atoms. The summed E-state index contributed by atoms with van der Waals surface area (Å²) >= 11 is 0. The molecule has 1 aliphatic heterocycles. The van der Waals surface area contributed by atoms with Crippen LogP contribution in [0.15, 0.2) is 60.7 Å². The van der Waals surface area contributed by atoms with Crippen LogP contribution >= 0.6 is 0 Å². The normalized spacial score (nSPS) is 18.7. The van der Waals surface area contributed by atoms with E-state index >= 15 is 0 Å². The molecule has 0 aliphatic carbocycles. The Hall–Kier alpha value is -4.32. The van der Waals surface area contributed by atoms with Crippen LogP contribution in [0.2, 0.25) is 0 Å². The summed E-state index contributed by atoms with van der Waals surface area (Å²) in [7, 11) is 0. The van der Waals surface area contributed by atoms with Gasteiger partial charge in [-0.2, -0.15) is 0 Å². The minimum Gasteiger partial charge on any atom is -0.507 e. The number of phenols is 2. The first-order valence-corrected chi connectivity index (χ1v) is 20.1. The van der Waals surface area contributed by atoms with Crippen LogP contribution in [-0.2, 0) is 19.6 Å². The van der Waals surface area contributed by atoms with E-state index in [0.717, 1.165) is 5.56 Å². The molecule has 1 heterocycles. The van der Waals surface area contributed by atoms with Crippen LogP contribution < -0.4 is 10.6 Å². The van der Waals surface area contributed by atoms with Crippen molar-refractivity contribution in [1.82, 2.24) is 25.3 Å². The molecule has 0 aromatic heterocycles. The van der Waals surface area contributed by atoms with E-state index in [1.54, 1.807) is 25.1 Å². The summed E-state index contributed by atoms with van der Waals surface area (Å²) in [6.45, 7) is 3.58. The fourth-order valence-corrected chi connectivity index (χ4v) is 6.98. The summed E-state index contributed by atoms with van der Waals surface area (Å²) in [4.78, 5) is 32.9. The Labute approximate surface area is 354 Å². The Morgan fingerprint density at radius 3 is 1.46 bits per heavy atom. The van der Waals surface area contributed by atoms with Crippen LogP contribution in [0, 0.1) is 6.92 Å². The van der Waals surface area contributed by atoms with E-state index in [1.165, 1.54) is 12.1 Å². The van der Waals surface area contributed by atoms with Crippen LogP contribution in [0.1, 0.15) is 43.0 Å². The van der Waals surface area contributed by atoms with Crippen molar-refractivity contribution in [2.45, 2.75) is 75.4 Å². The van der Waals surface area contributed by atoms with Gasteiger partial charge in [-0.05, 0) is 30.2 Å². The number of para-hydroxylation sites is 1. The Morgan fingerprint density at radius 2 is 0.967 bits per heavy atom. The highest BCUT2D eigenvalue weighted by Crippen LogP contribution is 2.28. The molecule has 2 amide bonds. The largest absolute Gasteiger partial charge is 0.507 e. The zero-order chi connectivity index (χ0) is 44.8. The number of benzene rings is 3. The molecule has 0 bridgehead atoms. The van der Waals surface area contributed by atoms with E-state index in [4.69, 9.17) is 10.2 Å². The lowest BCUT2D eigenvalue weighted by molar-refractivity contribution is -0.113. The summed E-state index contributed by atoms with van der Waals surface area (Å²) in [5.41, 5.74) is 2.51. The van der Waals surface area contributed by atoms with Crippen molar-refractivity contribution in [2.75, 3.05) is 65.6 Å². The number of hydrogen-bond acceptors (Lipinski definition) is 17. The third-order valence-electron chi connectivity index (χ3n) is 10.8. The van der Waals surface area contributed by atoms with Crippen molar-refractivity contribution in [3.05, 3.63) is 94.0 Å². The molecule has 4 rings (SSSR count). The van der Waals surface area contributed by atoms with Crippen molar-refractivity contribution in [2.24, 2.45) is 0 Å². The SMILES string of the molecule is Cc1cc(CN2CCN(Cc3ccccc3)CCN(Cc3cccc(C(=O)NCC(O)C(O)C(O)C(O)CO)c3O)CC2)c(O)c(C(=O)NCC(O)C(O)C(O)C(O)CO)c1. The first-order valence-electron chi connectivity index (χ1n) is 20.1. The summed E-state index contributed by atoms with van der Waals surface area (Å²) < 4.78 is 0. The highest BCUT2D eigenvalue weighted by Gasteiger charge is 2.32. The maximum atomic E-state index is 13.2. The number of aliphatic hydroxyl groups excluding tert-OH is 10. The van der Waals surface area contributed by atoms with E-state index in [1.807, 2.05) is 30.3 Å². The second kappa shape index (κ2) is 23.8. The molecule has 0 radical (unpaired) electrons. The molecule has 8 unspecified atom stereocenters. The molecule has 1 aliphatic rings. The van der Waals surface area contributed by atoms with Crippen LogP contribution in [-0.4, -0.2) is 202 Å². The molecule has 8 atom stereocenters. The van der Waals surface area contributed by atoms with Gasteiger partial charge in [-0.3, -0.25) is 24.3 Å². The quantitative estimate of drug-likeness (QED) is 0.0526. The number of phenolic OH excluding ortho intramolecular Hbond substituents is 2. The molecule has 338 valence electrons. The summed E-state index contributed by atoms with van der Waals surface area (Å²) in [6, 6.07) is 17.9. The van der Waals surface area contributed by atoms with Gasteiger partial charge < -0.3 is 71.9 Å². The summed E-state index contributed by atoms with van der Waals surface area (Å²) in [6.07, 6.45) is -14.3. The van der Waals surface area contributed by atoms with E-state index in [9.17, 15) is 60.7 Å². The van der Waals surface area contributed by atoms with E-state index in [2.05, 4.69) is 25.3 Å². The molecular formula is C42H61N5O14. The van der Waals surface area contributed by atoms with Crippen LogP contribution in [0.5, 0.6) is 11.5 Å². The monoisotopic (exact) mass is 859 g/mol. The van der Waals surface area contributed by atoms with Gasteiger partial charge in [0.15, 0.2) is 0 Å². The maximum absolute atomic E-state index is 13.2. The first kappa shape index (κ1) is 49.3. The minimum atomic E-state index is -1.88. The maximum Gasteiger partial charge on any atom is 0.255 e. The number of nitrogens with zero attached hydrogens (tertiary/aromatic N) is 3. The van der Waals surface area contributed by atoms with Gasteiger partial charge in [0.2, 0.25) is 0 Å². The van der Waals surface area contributed by atoms with Crippen LogP contribution in [0.25, 0.3) is 0 Å². The third kappa shape index (κ3) is 14.1. The number of aliphatic hydroxyl groups is 10. The average molecular weight is 860 g/mol. The van der Waals surface area contributed by atoms with Gasteiger partial charge in [0.05, 0.1) is 36.5 Å². The zero-order valence-corrected chi connectivity index (χ0v) is 34.1. The number of carbonyl (C=O) groups is 2. The van der Waals surface area contributed by atoms with Gasteiger partial charge in [0.25, 0.3) is 11.8 Å². The van der Waals surface area contributed by atoms with Crippen molar-refractivity contribution < 1.29 is 70.9 Å². The number of nitrogens with one attached hydrogen (secondary N) is 2. The molecule has 61 heavy (non-hydrogen) atoms. The number of aromatic hydroxyl groups is 2. The second-order valence-corrected chi connectivity index (χ2v) is 15.5. The number of amides is 2. The third-order valence-corrected chi connectivity index (χ3v) is 10.8. The fraction of sp³-hybridized carbons (Fsp3) is 0.524. The molecule has 1 fully saturated rings. The van der Waals surface area contributed by atoms with Gasteiger partial charge in [-0.1, -0.05) is 48.5 Å². The number of rotatable bonds is 20. The summed E-state index contributed by atoms with van der Waals surface area (Å²) in [5, 5.41) is 125. The molecule has 19 heteroatoms. The van der Waals surface area contributed by atoms with E-state index < -0.39 is 86.9 Å². The Morgan fingerprint density at radius 1 is 0.541 bits per heavy atom. The van der Waals surface area contributed by atoms with Gasteiger partial charge in [-0.15, -0.1) is 0 Å². The lowest BCUT2D eigenvalue weighted by Gasteiger charge is -2.27. The average Bonchev–Trinajstić information content (AvgIpc) is 3.35. The molecule has 0 saturated carbocycles. The predicted octanol–water partition coefficient (Wildman–Crippen LogP) is -3.44. The minimum absolute atomic E-state index is 0.0765. The smallest absolute Gasteiger partial charge is 0.255 e. The topological polar surface area (TPSA) is 311 Å². The Bertz CT molecular complexity index is 1840. The van der Waals surface area contributed by atoms with Crippen molar-refractivity contribution >= 4 is 11.8 Å². The summed E-state index contributed by atoms with van der Waals surface area (Å²) in [5.74, 6) is -2.09. The highest BCUT2D eigenvalue weighted by atomic mass is 16.4.